The molecule has 0 atom stereocenters. The molecule has 0 aromatic heterocycles. The van der Waals surface area contributed by atoms with Crippen molar-refractivity contribution in [1.29, 1.82) is 0 Å². The lowest BCUT2D eigenvalue weighted by molar-refractivity contribution is -0.139. The first-order valence-electron chi connectivity index (χ1n) is 8.49. The molecule has 1 fully saturated rings. The van der Waals surface area contributed by atoms with Crippen LogP contribution in [0.15, 0.2) is 46.4 Å². The largest absolute Gasteiger partial charge is 0.481 e. The summed E-state index contributed by atoms with van der Waals surface area (Å²) in [7, 11) is 0. The standard InChI is InChI=1S/C20H14BrClN2O6/c1-10-14(22)3-2-4-15(10)24-19(28)12(18(27)23-20(24)29)7-11-5-6-16(13(21)8-11)30-9-17(25)26/h2-8H,9H2,1H3,(H,25,26)(H,23,27,29)/b12-7-. The quantitative estimate of drug-likeness (QED) is 0.487. The van der Waals surface area contributed by atoms with Crippen LogP contribution in [-0.2, 0) is 14.4 Å². The van der Waals surface area contributed by atoms with Gasteiger partial charge < -0.3 is 9.84 Å². The summed E-state index contributed by atoms with van der Waals surface area (Å²) in [6.45, 7) is 1.14. The summed E-state index contributed by atoms with van der Waals surface area (Å²) < 4.78 is 5.55. The van der Waals surface area contributed by atoms with Gasteiger partial charge in [0.1, 0.15) is 11.3 Å². The number of benzene rings is 2. The molecular formula is C20H14BrClN2O6. The summed E-state index contributed by atoms with van der Waals surface area (Å²) in [5.74, 6) is -2.47. The normalized spacial score (nSPS) is 15.4. The smallest absolute Gasteiger partial charge is 0.341 e. The third kappa shape index (κ3) is 4.37. The van der Waals surface area contributed by atoms with E-state index >= 15 is 0 Å². The molecule has 0 unspecified atom stereocenters. The average molecular weight is 494 g/mol. The van der Waals surface area contributed by atoms with E-state index in [0.29, 0.717) is 20.6 Å². The molecule has 3 rings (SSSR count). The zero-order valence-electron chi connectivity index (χ0n) is 15.4. The second kappa shape index (κ2) is 8.68. The molecule has 2 N–H and O–H groups in total. The third-order valence-electron chi connectivity index (χ3n) is 4.20. The number of rotatable bonds is 5. The van der Waals surface area contributed by atoms with Gasteiger partial charge in [-0.15, -0.1) is 0 Å². The first kappa shape index (κ1) is 21.5. The van der Waals surface area contributed by atoms with Crippen molar-refractivity contribution in [2.75, 3.05) is 11.5 Å². The van der Waals surface area contributed by atoms with Crippen molar-refractivity contribution in [2.24, 2.45) is 0 Å². The van der Waals surface area contributed by atoms with Gasteiger partial charge in [-0.1, -0.05) is 23.7 Å². The number of carbonyl (C=O) groups is 4. The summed E-state index contributed by atoms with van der Waals surface area (Å²) in [4.78, 5) is 49.1. The Kier molecular flexibility index (Phi) is 6.23. The van der Waals surface area contributed by atoms with E-state index in [2.05, 4.69) is 21.2 Å². The van der Waals surface area contributed by atoms with Crippen LogP contribution >= 0.6 is 27.5 Å². The van der Waals surface area contributed by atoms with Crippen molar-refractivity contribution < 1.29 is 29.0 Å². The van der Waals surface area contributed by atoms with E-state index in [1.165, 1.54) is 12.1 Å². The highest BCUT2D eigenvalue weighted by Gasteiger charge is 2.37. The third-order valence-corrected chi connectivity index (χ3v) is 5.23. The van der Waals surface area contributed by atoms with E-state index in [4.69, 9.17) is 21.4 Å². The highest BCUT2D eigenvalue weighted by Crippen LogP contribution is 2.31. The van der Waals surface area contributed by atoms with Gasteiger partial charge in [0.2, 0.25) is 0 Å². The zero-order chi connectivity index (χ0) is 22.0. The van der Waals surface area contributed by atoms with E-state index in [1.807, 2.05) is 0 Å². The molecule has 30 heavy (non-hydrogen) atoms. The van der Waals surface area contributed by atoms with E-state index < -0.39 is 30.4 Å². The van der Waals surface area contributed by atoms with E-state index in [0.717, 1.165) is 4.90 Å². The number of nitrogens with zero attached hydrogens (tertiary/aromatic N) is 1. The molecule has 154 valence electrons. The minimum atomic E-state index is -1.13. The number of ether oxygens (including phenoxy) is 1. The Balaban J connectivity index is 1.96. The molecule has 1 aliphatic heterocycles. The van der Waals surface area contributed by atoms with Gasteiger partial charge in [0.05, 0.1) is 10.2 Å². The number of amides is 4. The number of carboxylic acid groups (broad SMARTS) is 1. The molecule has 0 bridgehead atoms. The molecule has 0 radical (unpaired) electrons. The Morgan fingerprint density at radius 2 is 2.00 bits per heavy atom. The van der Waals surface area contributed by atoms with Crippen LogP contribution in [-0.4, -0.2) is 35.5 Å². The monoisotopic (exact) mass is 492 g/mol. The predicted molar refractivity (Wildman–Crippen MR) is 112 cm³/mol. The van der Waals surface area contributed by atoms with E-state index in [9.17, 15) is 19.2 Å². The Bertz CT molecular complexity index is 1110. The SMILES string of the molecule is Cc1c(Cl)cccc1N1C(=O)NC(=O)/C(=C/c2ccc(OCC(=O)O)c(Br)c2)C1=O. The number of urea groups is 1. The summed E-state index contributed by atoms with van der Waals surface area (Å²) in [6.07, 6.45) is 1.32. The summed E-state index contributed by atoms with van der Waals surface area (Å²) >= 11 is 9.35. The molecule has 1 aliphatic rings. The molecule has 8 nitrogen and oxygen atoms in total. The van der Waals surface area contributed by atoms with Gasteiger partial charge in [-0.25, -0.2) is 14.5 Å². The highest BCUT2D eigenvalue weighted by atomic mass is 79.9. The van der Waals surface area contributed by atoms with Gasteiger partial charge in [-0.2, -0.15) is 0 Å². The number of halogens is 2. The number of hydrogen-bond donors (Lipinski definition) is 2. The van der Waals surface area contributed by atoms with Crippen molar-refractivity contribution >= 4 is 63.1 Å². The number of carbonyl (C=O) groups excluding carboxylic acids is 3. The Labute approximate surface area is 184 Å². The number of barbiturate groups is 1. The molecule has 2 aromatic carbocycles. The van der Waals surface area contributed by atoms with E-state index in [-0.39, 0.29) is 17.0 Å². The van der Waals surface area contributed by atoms with Crippen molar-refractivity contribution in [3.8, 4) is 5.75 Å². The van der Waals surface area contributed by atoms with Gasteiger partial charge in [0, 0.05) is 5.02 Å². The number of carboxylic acids is 1. The Morgan fingerprint density at radius 1 is 1.27 bits per heavy atom. The minimum Gasteiger partial charge on any atom is -0.481 e. The second-order valence-electron chi connectivity index (χ2n) is 6.21. The van der Waals surface area contributed by atoms with Crippen LogP contribution in [0.3, 0.4) is 0 Å². The van der Waals surface area contributed by atoms with Gasteiger partial charge in [0.25, 0.3) is 11.8 Å². The second-order valence-corrected chi connectivity index (χ2v) is 7.48. The van der Waals surface area contributed by atoms with Crippen LogP contribution in [0.4, 0.5) is 10.5 Å². The lowest BCUT2D eigenvalue weighted by atomic mass is 10.1. The maximum atomic E-state index is 13.0. The van der Waals surface area contributed by atoms with Crippen LogP contribution in [0, 0.1) is 6.92 Å². The number of aliphatic carboxylic acids is 1. The molecule has 10 heteroatoms. The summed E-state index contributed by atoms with van der Waals surface area (Å²) in [5.41, 5.74) is 0.987. The number of hydrogen-bond acceptors (Lipinski definition) is 5. The van der Waals surface area contributed by atoms with Crippen molar-refractivity contribution in [3.05, 3.63) is 62.6 Å². The number of anilines is 1. The molecule has 0 spiro atoms. The minimum absolute atomic E-state index is 0.250. The lowest BCUT2D eigenvalue weighted by Crippen LogP contribution is -2.54. The van der Waals surface area contributed by atoms with E-state index in [1.54, 1.807) is 37.3 Å². The van der Waals surface area contributed by atoms with Crippen LogP contribution in [0.1, 0.15) is 11.1 Å². The highest BCUT2D eigenvalue weighted by molar-refractivity contribution is 9.10. The lowest BCUT2D eigenvalue weighted by Gasteiger charge is -2.27. The van der Waals surface area contributed by atoms with Crippen LogP contribution in [0.5, 0.6) is 5.75 Å². The van der Waals surface area contributed by atoms with Crippen LogP contribution in [0.2, 0.25) is 5.02 Å². The molecule has 2 aromatic rings. The number of nitrogens with one attached hydrogen (secondary N) is 1. The topological polar surface area (TPSA) is 113 Å². The fraction of sp³-hybridized carbons (Fsp3) is 0.100. The summed E-state index contributed by atoms with van der Waals surface area (Å²) in [5, 5.41) is 11.2. The fourth-order valence-corrected chi connectivity index (χ4v) is 3.43. The van der Waals surface area contributed by atoms with Crippen LogP contribution < -0.4 is 15.0 Å². The Morgan fingerprint density at radius 3 is 2.67 bits per heavy atom. The van der Waals surface area contributed by atoms with Gasteiger partial charge in [-0.3, -0.25) is 14.9 Å². The molecular weight excluding hydrogens is 480 g/mol. The maximum Gasteiger partial charge on any atom is 0.341 e. The average Bonchev–Trinajstić information content (AvgIpc) is 2.67. The first-order valence-corrected chi connectivity index (χ1v) is 9.67. The molecule has 1 saturated heterocycles. The predicted octanol–water partition coefficient (Wildman–Crippen LogP) is 3.54. The van der Waals surface area contributed by atoms with Crippen molar-refractivity contribution in [1.82, 2.24) is 5.32 Å². The van der Waals surface area contributed by atoms with Gasteiger partial charge in [0.15, 0.2) is 6.61 Å². The first-order chi connectivity index (χ1) is 14.2. The van der Waals surface area contributed by atoms with Crippen LogP contribution in [0.25, 0.3) is 6.08 Å². The maximum absolute atomic E-state index is 13.0. The summed E-state index contributed by atoms with van der Waals surface area (Å²) in [6, 6.07) is 8.49. The zero-order valence-corrected chi connectivity index (χ0v) is 17.8. The fourth-order valence-electron chi connectivity index (χ4n) is 2.74. The molecule has 0 saturated carbocycles. The molecule has 4 amide bonds. The number of imide groups is 2. The van der Waals surface area contributed by atoms with Gasteiger partial charge in [-0.05, 0) is 64.3 Å². The van der Waals surface area contributed by atoms with Crippen molar-refractivity contribution in [3.63, 3.8) is 0 Å². The molecule has 0 aliphatic carbocycles. The Hall–Kier alpha value is -3.17. The van der Waals surface area contributed by atoms with Gasteiger partial charge >= 0.3 is 12.0 Å². The van der Waals surface area contributed by atoms with Crippen molar-refractivity contribution in [2.45, 2.75) is 6.92 Å². The molecule has 1 heterocycles.